The standard InChI is InChI=1S/C19H22N2O3S/c1-20(11-10-14-8-9-17(22-2)18(12-14)23-3)13-21-15-6-4-5-7-16(15)24-19(21)25/h4-9,12H,10-11,13H2,1-3H3/p+1. The number of quaternary nitrogens is 1. The van der Waals surface area contributed by atoms with E-state index in [2.05, 4.69) is 17.7 Å². The molecule has 0 aliphatic rings. The monoisotopic (exact) mass is 359 g/mol. The number of para-hydroxylation sites is 2. The van der Waals surface area contributed by atoms with Gasteiger partial charge >= 0.3 is 0 Å². The summed E-state index contributed by atoms with van der Waals surface area (Å²) < 4.78 is 18.4. The summed E-state index contributed by atoms with van der Waals surface area (Å²) in [5.74, 6) is 1.52. The first-order valence-corrected chi connectivity index (χ1v) is 8.63. The van der Waals surface area contributed by atoms with Crippen LogP contribution < -0.4 is 14.4 Å². The third-order valence-electron chi connectivity index (χ3n) is 4.29. The van der Waals surface area contributed by atoms with Gasteiger partial charge in [-0.05, 0) is 42.0 Å². The van der Waals surface area contributed by atoms with Gasteiger partial charge in [-0.25, -0.2) is 0 Å². The van der Waals surface area contributed by atoms with Gasteiger partial charge in [0.25, 0.3) is 4.84 Å². The van der Waals surface area contributed by atoms with Gasteiger partial charge in [-0.2, -0.15) is 0 Å². The third kappa shape index (κ3) is 3.86. The number of nitrogens with one attached hydrogen (secondary N) is 1. The van der Waals surface area contributed by atoms with Crippen molar-refractivity contribution in [2.75, 3.05) is 27.8 Å². The number of nitrogens with zero attached hydrogens (tertiary/aromatic N) is 1. The second-order valence-corrected chi connectivity index (χ2v) is 6.42. The Bertz CT molecular complexity index is 916. The van der Waals surface area contributed by atoms with Gasteiger partial charge in [0.15, 0.2) is 23.8 Å². The normalized spacial score (nSPS) is 12.3. The molecule has 1 aromatic heterocycles. The largest absolute Gasteiger partial charge is 0.493 e. The van der Waals surface area contributed by atoms with E-state index < -0.39 is 0 Å². The molecule has 25 heavy (non-hydrogen) atoms. The van der Waals surface area contributed by atoms with Crippen molar-refractivity contribution in [3.63, 3.8) is 0 Å². The van der Waals surface area contributed by atoms with Crippen LogP contribution in [0.25, 0.3) is 11.1 Å². The molecule has 2 aromatic carbocycles. The predicted molar refractivity (Wildman–Crippen MR) is 100 cm³/mol. The van der Waals surface area contributed by atoms with Crippen LogP contribution in [-0.2, 0) is 13.1 Å². The molecule has 0 aliphatic carbocycles. The van der Waals surface area contributed by atoms with Crippen LogP contribution in [0.5, 0.6) is 11.5 Å². The molecule has 0 fully saturated rings. The molecule has 3 rings (SSSR count). The molecule has 6 heteroatoms. The Kier molecular flexibility index (Phi) is 5.40. The molecule has 5 nitrogen and oxygen atoms in total. The van der Waals surface area contributed by atoms with Gasteiger partial charge in [0.05, 0.1) is 33.3 Å². The van der Waals surface area contributed by atoms with Gasteiger partial charge in [-0.1, -0.05) is 18.2 Å². The molecule has 0 bridgehead atoms. The summed E-state index contributed by atoms with van der Waals surface area (Å²) >= 11 is 5.36. The summed E-state index contributed by atoms with van der Waals surface area (Å²) in [7, 11) is 5.46. The van der Waals surface area contributed by atoms with Crippen LogP contribution in [0.3, 0.4) is 0 Å². The van der Waals surface area contributed by atoms with Crippen molar-refractivity contribution in [3.05, 3.63) is 52.9 Å². The summed E-state index contributed by atoms with van der Waals surface area (Å²) in [4.78, 5) is 1.86. The van der Waals surface area contributed by atoms with Gasteiger partial charge in [-0.15, -0.1) is 0 Å². The molecular formula is C19H23N2O3S+. The zero-order valence-corrected chi connectivity index (χ0v) is 15.6. The topological polar surface area (TPSA) is 41.0 Å². The first-order chi connectivity index (χ1) is 12.1. The lowest BCUT2D eigenvalue weighted by atomic mass is 10.1. The summed E-state index contributed by atoms with van der Waals surface area (Å²) in [6.45, 7) is 1.74. The number of hydrogen-bond acceptors (Lipinski definition) is 4. The van der Waals surface area contributed by atoms with E-state index in [-0.39, 0.29) is 0 Å². The van der Waals surface area contributed by atoms with Crippen LogP contribution in [0.1, 0.15) is 5.56 Å². The highest BCUT2D eigenvalue weighted by Gasteiger charge is 2.11. The zero-order chi connectivity index (χ0) is 17.8. The Labute approximate surface area is 152 Å². The molecule has 132 valence electrons. The lowest BCUT2D eigenvalue weighted by molar-refractivity contribution is -0.902. The number of oxazole rings is 1. The molecule has 0 saturated heterocycles. The Morgan fingerprint density at radius 1 is 1.08 bits per heavy atom. The van der Waals surface area contributed by atoms with Crippen LogP contribution in [0, 0.1) is 4.84 Å². The van der Waals surface area contributed by atoms with Crippen molar-refractivity contribution in [2.24, 2.45) is 0 Å². The highest BCUT2D eigenvalue weighted by molar-refractivity contribution is 7.71. The van der Waals surface area contributed by atoms with Gasteiger partial charge in [0.1, 0.15) is 0 Å². The molecular weight excluding hydrogens is 336 g/mol. The lowest BCUT2D eigenvalue weighted by Gasteiger charge is -2.15. The minimum Gasteiger partial charge on any atom is -0.493 e. The Morgan fingerprint density at radius 3 is 2.60 bits per heavy atom. The average molecular weight is 359 g/mol. The molecule has 0 saturated carbocycles. The van der Waals surface area contributed by atoms with Crippen molar-refractivity contribution >= 4 is 23.3 Å². The van der Waals surface area contributed by atoms with E-state index in [0.29, 0.717) is 4.84 Å². The maximum Gasteiger partial charge on any atom is 0.274 e. The Balaban J connectivity index is 1.68. The molecule has 0 spiro atoms. The molecule has 1 heterocycles. The fraction of sp³-hybridized carbons (Fsp3) is 0.316. The van der Waals surface area contributed by atoms with Gasteiger partial charge in [0, 0.05) is 6.42 Å². The summed E-state index contributed by atoms with van der Waals surface area (Å²) in [6.07, 6.45) is 0.940. The number of benzene rings is 2. The minimum absolute atomic E-state index is 0.520. The first kappa shape index (κ1) is 17.5. The SMILES string of the molecule is COc1ccc(CC[NH+](C)Cn2c(=S)oc3ccccc32)cc1OC. The average Bonchev–Trinajstić information content (AvgIpc) is 2.95. The van der Waals surface area contributed by atoms with Crippen LogP contribution in [0.15, 0.2) is 46.9 Å². The maximum atomic E-state index is 5.65. The third-order valence-corrected chi connectivity index (χ3v) is 4.59. The highest BCUT2D eigenvalue weighted by Crippen LogP contribution is 2.27. The van der Waals surface area contributed by atoms with E-state index in [1.807, 2.05) is 36.4 Å². The number of methoxy groups -OCH3 is 2. The van der Waals surface area contributed by atoms with Crippen LogP contribution >= 0.6 is 12.2 Å². The zero-order valence-electron chi connectivity index (χ0n) is 14.7. The number of fused-ring (bicyclic) bond motifs is 1. The summed E-state index contributed by atoms with van der Waals surface area (Å²) in [5, 5.41) is 0. The fourth-order valence-electron chi connectivity index (χ4n) is 2.91. The van der Waals surface area contributed by atoms with Crippen molar-refractivity contribution < 1.29 is 18.8 Å². The van der Waals surface area contributed by atoms with E-state index in [1.165, 1.54) is 10.5 Å². The quantitative estimate of drug-likeness (QED) is 0.659. The van der Waals surface area contributed by atoms with Crippen LogP contribution in [-0.4, -0.2) is 32.4 Å². The van der Waals surface area contributed by atoms with Gasteiger partial charge < -0.3 is 18.8 Å². The van der Waals surface area contributed by atoms with Gasteiger partial charge in [0.2, 0.25) is 0 Å². The summed E-state index contributed by atoms with van der Waals surface area (Å²) in [6, 6.07) is 14.0. The van der Waals surface area contributed by atoms with E-state index in [4.69, 9.17) is 26.1 Å². The van der Waals surface area contributed by atoms with Crippen LogP contribution in [0.4, 0.5) is 0 Å². The van der Waals surface area contributed by atoms with Crippen molar-refractivity contribution in [2.45, 2.75) is 13.1 Å². The lowest BCUT2D eigenvalue weighted by Crippen LogP contribution is -3.08. The second kappa shape index (κ2) is 7.72. The number of hydrogen-bond donors (Lipinski definition) is 1. The second-order valence-electron chi connectivity index (χ2n) is 6.07. The van der Waals surface area contributed by atoms with Crippen molar-refractivity contribution in [1.29, 1.82) is 0 Å². The van der Waals surface area contributed by atoms with Crippen LogP contribution in [0.2, 0.25) is 0 Å². The smallest absolute Gasteiger partial charge is 0.274 e. The van der Waals surface area contributed by atoms with Crippen molar-refractivity contribution in [3.8, 4) is 11.5 Å². The molecule has 1 N–H and O–H groups in total. The number of aromatic nitrogens is 1. The molecule has 0 aliphatic heterocycles. The minimum atomic E-state index is 0.520. The number of rotatable bonds is 7. The molecule has 0 amide bonds. The maximum absolute atomic E-state index is 5.65. The summed E-state index contributed by atoms with van der Waals surface area (Å²) in [5.41, 5.74) is 3.09. The van der Waals surface area contributed by atoms with E-state index >= 15 is 0 Å². The Hall–Kier alpha value is -2.31. The van der Waals surface area contributed by atoms with E-state index in [0.717, 1.165) is 42.2 Å². The highest BCUT2D eigenvalue weighted by atomic mass is 32.1. The number of ether oxygens (including phenoxy) is 2. The van der Waals surface area contributed by atoms with E-state index in [1.54, 1.807) is 14.2 Å². The molecule has 1 atom stereocenters. The predicted octanol–water partition coefficient (Wildman–Crippen LogP) is 2.70. The fourth-order valence-corrected chi connectivity index (χ4v) is 3.16. The van der Waals surface area contributed by atoms with E-state index in [9.17, 15) is 0 Å². The molecule has 3 aromatic rings. The Morgan fingerprint density at radius 2 is 1.84 bits per heavy atom. The number of likely N-dealkylation sites (N-methyl/N-ethyl adjacent to an activating group) is 1. The molecule has 0 radical (unpaired) electrons. The molecule has 1 unspecified atom stereocenters. The first-order valence-electron chi connectivity index (χ1n) is 8.23. The van der Waals surface area contributed by atoms with Crippen molar-refractivity contribution in [1.82, 2.24) is 4.57 Å². The van der Waals surface area contributed by atoms with Gasteiger partial charge in [-0.3, -0.25) is 4.57 Å².